The van der Waals surface area contributed by atoms with Gasteiger partial charge < -0.3 is 19.1 Å². The fraction of sp³-hybridized carbons (Fsp3) is 0.633. The van der Waals surface area contributed by atoms with Gasteiger partial charge in [-0.15, -0.1) is 5.10 Å². The van der Waals surface area contributed by atoms with Gasteiger partial charge in [-0.25, -0.2) is 14.1 Å². The summed E-state index contributed by atoms with van der Waals surface area (Å²) in [7, 11) is 0. The Kier molecular flexibility index (Phi) is 8.51. The van der Waals surface area contributed by atoms with Gasteiger partial charge in [0.2, 0.25) is 5.91 Å². The molecule has 14 heteroatoms. The summed E-state index contributed by atoms with van der Waals surface area (Å²) in [5.74, 6) is 1.48. The van der Waals surface area contributed by atoms with E-state index in [4.69, 9.17) is 9.26 Å². The number of alkyl halides is 3. The molecule has 3 aliphatic rings. The van der Waals surface area contributed by atoms with Crippen LogP contribution in [0.25, 0.3) is 0 Å². The first-order valence-electron chi connectivity index (χ1n) is 15.3. The van der Waals surface area contributed by atoms with Gasteiger partial charge in [0.25, 0.3) is 5.82 Å². The summed E-state index contributed by atoms with van der Waals surface area (Å²) in [5.41, 5.74) is 0.205. The molecule has 1 saturated heterocycles. The molecule has 1 aliphatic carbocycles. The molecular weight excluding hydrogens is 582 g/mol. The van der Waals surface area contributed by atoms with E-state index >= 15 is 0 Å². The van der Waals surface area contributed by atoms with Crippen LogP contribution in [0.2, 0.25) is 0 Å². The lowest BCUT2D eigenvalue weighted by atomic mass is 9.90. The molecule has 10 nitrogen and oxygen atoms in total. The van der Waals surface area contributed by atoms with E-state index in [0.29, 0.717) is 24.3 Å². The second kappa shape index (κ2) is 12.4. The molecule has 0 spiro atoms. The number of halogens is 4. The van der Waals surface area contributed by atoms with Crippen molar-refractivity contribution >= 4 is 11.9 Å². The Bertz CT molecular complexity index is 1460. The summed E-state index contributed by atoms with van der Waals surface area (Å²) in [6, 6.07) is 5.09. The number of anilines is 1. The van der Waals surface area contributed by atoms with Crippen LogP contribution in [0, 0.1) is 23.6 Å². The van der Waals surface area contributed by atoms with Crippen LogP contribution in [0.1, 0.15) is 74.9 Å². The number of carbonyl (C=O) groups excluding carboxylic acids is 1. The van der Waals surface area contributed by atoms with E-state index < -0.39 is 17.8 Å². The molecule has 4 heterocycles. The van der Waals surface area contributed by atoms with Gasteiger partial charge in [0.1, 0.15) is 17.4 Å². The lowest BCUT2D eigenvalue weighted by molar-refractivity contribution is -0.145. The van der Waals surface area contributed by atoms with Crippen LogP contribution in [0.3, 0.4) is 0 Å². The van der Waals surface area contributed by atoms with Gasteiger partial charge in [-0.2, -0.15) is 18.2 Å². The van der Waals surface area contributed by atoms with Crippen molar-refractivity contribution in [1.82, 2.24) is 29.8 Å². The van der Waals surface area contributed by atoms with Crippen molar-refractivity contribution in [1.29, 1.82) is 0 Å². The maximum absolute atomic E-state index is 14.8. The van der Waals surface area contributed by atoms with E-state index in [0.717, 1.165) is 61.1 Å². The van der Waals surface area contributed by atoms with Gasteiger partial charge in [0, 0.05) is 31.6 Å². The Morgan fingerprint density at radius 2 is 1.93 bits per heavy atom. The molecule has 2 atom stereocenters. The molecule has 1 saturated carbocycles. The first-order chi connectivity index (χ1) is 21.0. The standard InChI is InChI=1S/C30H37F4N7O3/c1-18(2)27-36-29(44-38-27)39-9-7-19(8-10-39)23-14-20(23)4-3-13-43-22-6-5-21(24(31)16-22)15-26(42)40-11-12-41-25(17-40)35-28(37-41)30(32,33)34/h5-6,16,18-20,23H,3-4,7-15,17H2,1-2H3/t20-,23-/m1/s1. The summed E-state index contributed by atoms with van der Waals surface area (Å²) in [5, 5.41) is 7.55. The number of hydrogen-bond donors (Lipinski definition) is 0. The molecule has 2 fully saturated rings. The summed E-state index contributed by atoms with van der Waals surface area (Å²) >= 11 is 0. The lowest BCUT2D eigenvalue weighted by Gasteiger charge is -2.30. The summed E-state index contributed by atoms with van der Waals surface area (Å²) < 4.78 is 66.0. The number of ether oxygens (including phenoxy) is 1. The zero-order chi connectivity index (χ0) is 31.0. The van der Waals surface area contributed by atoms with Gasteiger partial charge >= 0.3 is 12.2 Å². The second-order valence-electron chi connectivity index (χ2n) is 12.4. The van der Waals surface area contributed by atoms with Crippen LogP contribution in [0.5, 0.6) is 5.75 Å². The maximum atomic E-state index is 14.8. The fourth-order valence-electron chi connectivity index (χ4n) is 6.33. The quantitative estimate of drug-likeness (QED) is 0.224. The minimum Gasteiger partial charge on any atom is -0.493 e. The number of hydrogen-bond acceptors (Lipinski definition) is 8. The number of piperidine rings is 1. The fourth-order valence-corrected chi connectivity index (χ4v) is 6.33. The van der Waals surface area contributed by atoms with Crippen molar-refractivity contribution in [2.75, 3.05) is 31.1 Å². The summed E-state index contributed by atoms with van der Waals surface area (Å²) in [6.07, 6.45) is 0.613. The van der Waals surface area contributed by atoms with Crippen molar-refractivity contribution in [2.45, 2.75) is 77.6 Å². The minimum absolute atomic E-state index is 0.0598. The molecule has 6 rings (SSSR count). The van der Waals surface area contributed by atoms with E-state index in [9.17, 15) is 22.4 Å². The molecule has 2 aliphatic heterocycles. The van der Waals surface area contributed by atoms with Gasteiger partial charge in [0.05, 0.1) is 26.1 Å². The summed E-state index contributed by atoms with van der Waals surface area (Å²) in [4.78, 5) is 24.4. The van der Waals surface area contributed by atoms with E-state index in [-0.39, 0.29) is 49.3 Å². The van der Waals surface area contributed by atoms with Crippen LogP contribution >= 0.6 is 0 Å². The largest absolute Gasteiger partial charge is 0.493 e. The number of aromatic nitrogens is 5. The van der Waals surface area contributed by atoms with Crippen LogP contribution in [-0.4, -0.2) is 62.0 Å². The normalized spacial score (nSPS) is 20.7. The molecule has 3 aromatic rings. The Hall–Kier alpha value is -3.71. The lowest BCUT2D eigenvalue weighted by Crippen LogP contribution is -2.39. The highest BCUT2D eigenvalue weighted by atomic mass is 19.4. The zero-order valence-corrected chi connectivity index (χ0v) is 24.9. The van der Waals surface area contributed by atoms with Gasteiger partial charge in [-0.05, 0) is 61.5 Å². The second-order valence-corrected chi connectivity index (χ2v) is 12.4. The van der Waals surface area contributed by atoms with Crippen LogP contribution in [-0.2, 0) is 30.5 Å². The number of rotatable bonds is 10. The minimum atomic E-state index is -4.65. The third kappa shape index (κ3) is 6.83. The van der Waals surface area contributed by atoms with E-state index in [1.165, 1.54) is 23.5 Å². The van der Waals surface area contributed by atoms with E-state index in [1.54, 1.807) is 6.07 Å². The van der Waals surface area contributed by atoms with E-state index in [2.05, 4.69) is 39.0 Å². The Morgan fingerprint density at radius 1 is 1.14 bits per heavy atom. The van der Waals surface area contributed by atoms with Crippen molar-refractivity contribution in [2.24, 2.45) is 17.8 Å². The third-order valence-corrected chi connectivity index (χ3v) is 8.96. The third-order valence-electron chi connectivity index (χ3n) is 8.96. The SMILES string of the molecule is CC(C)c1noc(N2CCC([C@H]3C[C@H]3CCCOc3ccc(CC(=O)N4CCn5nc(C(F)(F)F)nc5C4)c(F)c3)CC2)n1. The highest BCUT2D eigenvalue weighted by molar-refractivity contribution is 5.79. The molecule has 2 aromatic heterocycles. The topological polar surface area (TPSA) is 102 Å². The van der Waals surface area contributed by atoms with Crippen LogP contribution in [0.4, 0.5) is 23.6 Å². The van der Waals surface area contributed by atoms with Gasteiger partial charge in [-0.3, -0.25) is 4.79 Å². The number of carbonyl (C=O) groups is 1. The molecule has 0 N–H and O–H groups in total. The monoisotopic (exact) mass is 619 g/mol. The molecule has 44 heavy (non-hydrogen) atoms. The zero-order valence-electron chi connectivity index (χ0n) is 24.9. The maximum Gasteiger partial charge on any atom is 0.453 e. The van der Waals surface area contributed by atoms with Crippen LogP contribution < -0.4 is 9.64 Å². The first-order valence-corrected chi connectivity index (χ1v) is 15.3. The molecule has 0 radical (unpaired) electrons. The smallest absolute Gasteiger partial charge is 0.453 e. The van der Waals surface area contributed by atoms with Crippen molar-refractivity contribution in [3.8, 4) is 5.75 Å². The molecule has 1 aromatic carbocycles. The van der Waals surface area contributed by atoms with Crippen molar-refractivity contribution < 1.29 is 31.6 Å². The predicted molar refractivity (Wildman–Crippen MR) is 150 cm³/mol. The van der Waals surface area contributed by atoms with Gasteiger partial charge in [0.15, 0.2) is 5.82 Å². The molecule has 0 unspecified atom stereocenters. The predicted octanol–water partition coefficient (Wildman–Crippen LogP) is 5.24. The van der Waals surface area contributed by atoms with E-state index in [1.807, 2.05) is 0 Å². The Morgan fingerprint density at radius 3 is 2.64 bits per heavy atom. The average molecular weight is 620 g/mol. The van der Waals surface area contributed by atoms with Crippen molar-refractivity contribution in [3.63, 3.8) is 0 Å². The highest BCUT2D eigenvalue weighted by Crippen LogP contribution is 2.50. The Balaban J connectivity index is 0.898. The molecule has 0 bridgehead atoms. The number of amides is 1. The molecule has 1 amide bonds. The summed E-state index contributed by atoms with van der Waals surface area (Å²) in [6.45, 7) is 6.64. The Labute approximate surface area is 252 Å². The van der Waals surface area contributed by atoms with Crippen molar-refractivity contribution in [3.05, 3.63) is 47.1 Å². The number of nitrogens with zero attached hydrogens (tertiary/aromatic N) is 7. The average Bonchev–Trinajstić information content (AvgIpc) is 3.37. The number of fused-ring (bicyclic) bond motifs is 1. The molecule has 238 valence electrons. The van der Waals surface area contributed by atoms with Crippen LogP contribution in [0.15, 0.2) is 22.7 Å². The number of benzene rings is 1. The van der Waals surface area contributed by atoms with Gasteiger partial charge in [-0.1, -0.05) is 25.1 Å². The molecular formula is C30H37F4N7O3. The first kappa shape index (κ1) is 30.3. The highest BCUT2D eigenvalue weighted by Gasteiger charge is 2.43.